The number of benzene rings is 2. The van der Waals surface area contributed by atoms with E-state index in [1.807, 2.05) is 60.0 Å². The standard InChI is InChI=1S/C30H31N5O4S/c1-16-18(3)40-29-25(16)27(32-26(17(2)30(37)38)28-34-33-19(4)35(28)29)21-9-11-22(12-10-21)31-24(36)15-8-20-6-13-23(39-5)14-7-20/h6-7,9-14,17,26H,8,15H2,1-5H3,(H,31,36)(H,37,38)/t17?,26-/m0/s1. The third-order valence-corrected chi connectivity index (χ3v) is 8.49. The van der Waals surface area contributed by atoms with Crippen LogP contribution in [0.15, 0.2) is 53.5 Å². The van der Waals surface area contributed by atoms with E-state index in [1.54, 1.807) is 25.4 Å². The molecular weight excluding hydrogens is 526 g/mol. The number of nitrogens with zero attached hydrogens (tertiary/aromatic N) is 4. The fraction of sp³-hybridized carbons (Fsp3) is 0.300. The van der Waals surface area contributed by atoms with E-state index in [0.29, 0.717) is 35.9 Å². The van der Waals surface area contributed by atoms with Gasteiger partial charge < -0.3 is 15.2 Å². The molecule has 0 saturated carbocycles. The number of thiophene rings is 1. The van der Waals surface area contributed by atoms with E-state index in [-0.39, 0.29) is 5.91 Å². The molecule has 1 aliphatic rings. The number of amides is 1. The molecule has 0 saturated heterocycles. The Bertz CT molecular complexity index is 1600. The molecule has 2 aromatic heterocycles. The highest BCUT2D eigenvalue weighted by molar-refractivity contribution is 7.15. The number of ether oxygens (including phenoxy) is 1. The predicted molar refractivity (Wildman–Crippen MR) is 155 cm³/mol. The van der Waals surface area contributed by atoms with Gasteiger partial charge in [0.15, 0.2) is 5.82 Å². The summed E-state index contributed by atoms with van der Waals surface area (Å²) in [5.74, 6) is 0.149. The third kappa shape index (κ3) is 5.14. The summed E-state index contributed by atoms with van der Waals surface area (Å²) < 4.78 is 7.13. The Balaban J connectivity index is 1.43. The number of nitrogens with one attached hydrogen (secondary N) is 1. The molecule has 0 aliphatic carbocycles. The van der Waals surface area contributed by atoms with Crippen LogP contribution in [-0.4, -0.2) is 44.6 Å². The van der Waals surface area contributed by atoms with E-state index < -0.39 is 17.9 Å². The van der Waals surface area contributed by atoms with Gasteiger partial charge in [0.1, 0.15) is 22.6 Å². The molecule has 0 radical (unpaired) electrons. The Kier molecular flexibility index (Phi) is 7.53. The summed E-state index contributed by atoms with van der Waals surface area (Å²) in [4.78, 5) is 30.9. The van der Waals surface area contributed by atoms with Gasteiger partial charge in [-0.3, -0.25) is 19.1 Å². The maximum absolute atomic E-state index is 12.6. The second-order valence-corrected chi connectivity index (χ2v) is 11.1. The summed E-state index contributed by atoms with van der Waals surface area (Å²) in [6.07, 6.45) is 0.974. The zero-order valence-corrected chi connectivity index (χ0v) is 23.9. The van der Waals surface area contributed by atoms with Crippen molar-refractivity contribution in [3.63, 3.8) is 0 Å². The first-order valence-electron chi connectivity index (χ1n) is 13.0. The van der Waals surface area contributed by atoms with Crippen LogP contribution in [0, 0.1) is 26.7 Å². The largest absolute Gasteiger partial charge is 0.497 e. The molecule has 1 amide bonds. The molecule has 2 atom stereocenters. The molecule has 2 aromatic carbocycles. The lowest BCUT2D eigenvalue weighted by Gasteiger charge is -2.16. The van der Waals surface area contributed by atoms with Crippen molar-refractivity contribution in [2.45, 2.75) is 46.6 Å². The van der Waals surface area contributed by atoms with E-state index in [9.17, 15) is 14.7 Å². The Hall–Kier alpha value is -4.31. The summed E-state index contributed by atoms with van der Waals surface area (Å²) in [7, 11) is 1.63. The maximum atomic E-state index is 12.6. The molecule has 2 N–H and O–H groups in total. The van der Waals surface area contributed by atoms with E-state index in [1.165, 1.54) is 0 Å². The van der Waals surface area contributed by atoms with Crippen molar-refractivity contribution in [1.29, 1.82) is 0 Å². The maximum Gasteiger partial charge on any atom is 0.308 e. The number of aryl methyl sites for hydroxylation is 3. The van der Waals surface area contributed by atoms with Gasteiger partial charge in [0, 0.05) is 28.1 Å². The monoisotopic (exact) mass is 557 g/mol. The van der Waals surface area contributed by atoms with Crippen molar-refractivity contribution in [2.75, 3.05) is 12.4 Å². The van der Waals surface area contributed by atoms with Gasteiger partial charge in [-0.1, -0.05) is 24.3 Å². The smallest absolute Gasteiger partial charge is 0.308 e. The number of aromatic nitrogens is 3. The van der Waals surface area contributed by atoms with E-state index in [2.05, 4.69) is 29.4 Å². The number of hydrogen-bond acceptors (Lipinski definition) is 7. The number of methoxy groups -OCH3 is 1. The molecule has 0 bridgehead atoms. The first-order chi connectivity index (χ1) is 19.2. The van der Waals surface area contributed by atoms with Gasteiger partial charge in [-0.2, -0.15) is 0 Å². The normalized spacial score (nSPS) is 14.9. The molecule has 9 nitrogen and oxygen atoms in total. The van der Waals surface area contributed by atoms with Crippen molar-refractivity contribution in [3.05, 3.63) is 87.3 Å². The molecule has 10 heteroatoms. The third-order valence-electron chi connectivity index (χ3n) is 7.29. The van der Waals surface area contributed by atoms with Crippen LogP contribution in [0.1, 0.15) is 58.2 Å². The minimum Gasteiger partial charge on any atom is -0.497 e. The zero-order valence-electron chi connectivity index (χ0n) is 23.1. The van der Waals surface area contributed by atoms with Crippen LogP contribution in [0.5, 0.6) is 5.75 Å². The van der Waals surface area contributed by atoms with E-state index in [0.717, 1.165) is 37.9 Å². The molecule has 5 rings (SSSR count). The van der Waals surface area contributed by atoms with Crippen molar-refractivity contribution >= 4 is 34.6 Å². The molecular formula is C30H31N5O4S. The molecule has 1 aliphatic heterocycles. The van der Waals surface area contributed by atoms with Gasteiger partial charge in [-0.05, 0) is 69.5 Å². The Morgan fingerprint density at radius 3 is 2.42 bits per heavy atom. The average molecular weight is 558 g/mol. The number of aliphatic carboxylic acids is 1. The number of carboxylic acids is 1. The predicted octanol–water partition coefficient (Wildman–Crippen LogP) is 5.45. The Morgan fingerprint density at radius 1 is 1.07 bits per heavy atom. The molecule has 0 spiro atoms. The Morgan fingerprint density at radius 2 is 1.77 bits per heavy atom. The van der Waals surface area contributed by atoms with E-state index >= 15 is 0 Å². The molecule has 1 unspecified atom stereocenters. The highest BCUT2D eigenvalue weighted by atomic mass is 32.1. The fourth-order valence-electron chi connectivity index (χ4n) is 4.80. The lowest BCUT2D eigenvalue weighted by molar-refractivity contribution is -0.141. The van der Waals surface area contributed by atoms with Gasteiger partial charge in [0.25, 0.3) is 0 Å². The van der Waals surface area contributed by atoms with Crippen molar-refractivity contribution in [3.8, 4) is 10.8 Å². The van der Waals surface area contributed by atoms with Crippen LogP contribution in [0.3, 0.4) is 0 Å². The summed E-state index contributed by atoms with van der Waals surface area (Å²) in [6.45, 7) is 7.63. The molecule has 0 fully saturated rings. The van der Waals surface area contributed by atoms with Crippen LogP contribution in [0.25, 0.3) is 5.00 Å². The SMILES string of the molecule is COc1ccc(CCC(=O)Nc2ccc(C3=N[C@@H](C(C)C(=O)O)c4nnc(C)n4-c4sc(C)c(C)c43)cc2)cc1. The summed E-state index contributed by atoms with van der Waals surface area (Å²) in [6, 6.07) is 14.5. The van der Waals surface area contributed by atoms with Gasteiger partial charge >= 0.3 is 5.97 Å². The van der Waals surface area contributed by atoms with Gasteiger partial charge in [-0.15, -0.1) is 21.5 Å². The fourth-order valence-corrected chi connectivity index (χ4v) is 6.02. The topological polar surface area (TPSA) is 119 Å². The minimum atomic E-state index is -0.953. The highest BCUT2D eigenvalue weighted by Gasteiger charge is 2.36. The van der Waals surface area contributed by atoms with Gasteiger partial charge in [0.05, 0.1) is 18.7 Å². The van der Waals surface area contributed by atoms with Crippen molar-refractivity contribution in [2.24, 2.45) is 10.9 Å². The molecule has 4 aromatic rings. The van der Waals surface area contributed by atoms with Gasteiger partial charge in [0.2, 0.25) is 5.91 Å². The summed E-state index contributed by atoms with van der Waals surface area (Å²) in [5, 5.41) is 22.4. The number of rotatable bonds is 8. The number of anilines is 1. The highest BCUT2D eigenvalue weighted by Crippen LogP contribution is 2.40. The lowest BCUT2D eigenvalue weighted by Crippen LogP contribution is -2.21. The second kappa shape index (κ2) is 11.1. The number of fused-ring (bicyclic) bond motifs is 3. The summed E-state index contributed by atoms with van der Waals surface area (Å²) in [5.41, 5.74) is 5.31. The minimum absolute atomic E-state index is 0.0780. The number of carboxylic acid groups (broad SMARTS) is 1. The molecule has 206 valence electrons. The number of carbonyl (C=O) groups excluding carboxylic acids is 1. The zero-order chi connectivity index (χ0) is 28.6. The Labute approximate surface area is 236 Å². The van der Waals surface area contributed by atoms with Crippen LogP contribution in [0.4, 0.5) is 5.69 Å². The number of aliphatic imine (C=N–C) groups is 1. The quantitative estimate of drug-likeness (QED) is 0.298. The van der Waals surface area contributed by atoms with Crippen LogP contribution < -0.4 is 10.1 Å². The van der Waals surface area contributed by atoms with Crippen molar-refractivity contribution in [1.82, 2.24) is 14.8 Å². The number of hydrogen-bond donors (Lipinski definition) is 2. The van der Waals surface area contributed by atoms with Gasteiger partial charge in [-0.25, -0.2) is 0 Å². The van der Waals surface area contributed by atoms with Crippen molar-refractivity contribution < 1.29 is 19.4 Å². The van der Waals surface area contributed by atoms with E-state index in [4.69, 9.17) is 9.73 Å². The molecule has 40 heavy (non-hydrogen) atoms. The second-order valence-electron chi connectivity index (χ2n) is 9.93. The van der Waals surface area contributed by atoms with Crippen LogP contribution in [-0.2, 0) is 16.0 Å². The average Bonchev–Trinajstić information content (AvgIpc) is 3.42. The summed E-state index contributed by atoms with van der Waals surface area (Å²) >= 11 is 1.62. The molecule has 3 heterocycles. The van der Waals surface area contributed by atoms with Crippen LogP contribution >= 0.6 is 11.3 Å². The number of carbonyl (C=O) groups is 2. The lowest BCUT2D eigenvalue weighted by atomic mass is 9.98. The first-order valence-corrected chi connectivity index (χ1v) is 13.9. The first kappa shape index (κ1) is 27.3. The van der Waals surface area contributed by atoms with Crippen LogP contribution in [0.2, 0.25) is 0 Å².